The van der Waals surface area contributed by atoms with Gasteiger partial charge in [-0.1, -0.05) is 36.7 Å². The molecule has 0 rings (SSSR count). The third kappa shape index (κ3) is 6.56. The number of alkyl halides is 1. The van der Waals surface area contributed by atoms with Crippen LogP contribution in [0.5, 0.6) is 0 Å². The maximum Gasteiger partial charge on any atom is 0.0499 e. The van der Waals surface area contributed by atoms with Gasteiger partial charge in [-0.05, 0) is 11.8 Å². The number of ether oxygens (including phenoxy) is 1. The van der Waals surface area contributed by atoms with Gasteiger partial charge in [0.05, 0.1) is 0 Å². The van der Waals surface area contributed by atoms with Crippen LogP contribution in [0.4, 0.5) is 0 Å². The summed E-state index contributed by atoms with van der Waals surface area (Å²) in [6, 6.07) is 0. The van der Waals surface area contributed by atoms with E-state index in [0.717, 1.165) is 18.5 Å². The zero-order valence-electron chi connectivity index (χ0n) is 7.06. The molecule has 0 aliphatic carbocycles. The van der Waals surface area contributed by atoms with E-state index in [9.17, 15) is 0 Å². The van der Waals surface area contributed by atoms with E-state index in [2.05, 4.69) is 36.7 Å². The minimum Gasteiger partial charge on any atom is -0.381 e. The fourth-order valence-electron chi connectivity index (χ4n) is 0.549. The molecule has 0 radical (unpaired) electrons. The molecule has 1 nitrogen and oxygen atoms in total. The van der Waals surface area contributed by atoms with Crippen LogP contribution in [0.25, 0.3) is 0 Å². The summed E-state index contributed by atoms with van der Waals surface area (Å²) >= 11 is 3.40. The third-order valence-electron chi connectivity index (χ3n) is 1.12. The molecule has 10 heavy (non-hydrogen) atoms. The molecule has 0 bridgehead atoms. The number of rotatable bonds is 5. The second kappa shape index (κ2) is 6.17. The highest BCUT2D eigenvalue weighted by molar-refractivity contribution is 9.09. The Morgan fingerprint density at radius 3 is 2.20 bits per heavy atom. The van der Waals surface area contributed by atoms with Gasteiger partial charge < -0.3 is 4.74 Å². The van der Waals surface area contributed by atoms with Crippen LogP contribution in [0.15, 0.2) is 0 Å². The molecule has 0 N–H and O–H groups in total. The monoisotopic (exact) mass is 208 g/mol. The van der Waals surface area contributed by atoms with Crippen molar-refractivity contribution >= 4 is 15.9 Å². The third-order valence-corrected chi connectivity index (χ3v) is 2.22. The number of hydrogen-bond donors (Lipinski definition) is 0. The molecule has 1 atom stereocenters. The molecule has 0 aromatic carbocycles. The Morgan fingerprint density at radius 1 is 1.20 bits per heavy atom. The molecule has 1 unspecified atom stereocenters. The molecule has 0 aliphatic rings. The van der Waals surface area contributed by atoms with Crippen LogP contribution in [0.3, 0.4) is 0 Å². The molecule has 0 saturated carbocycles. The van der Waals surface area contributed by atoms with E-state index in [-0.39, 0.29) is 0 Å². The predicted octanol–water partition coefficient (Wildman–Crippen LogP) is 2.69. The van der Waals surface area contributed by atoms with E-state index in [1.54, 1.807) is 0 Å². The van der Waals surface area contributed by atoms with Crippen molar-refractivity contribution in [3.8, 4) is 0 Å². The van der Waals surface area contributed by atoms with Gasteiger partial charge in [-0.25, -0.2) is 0 Å². The lowest BCUT2D eigenvalue weighted by molar-refractivity contribution is 0.0899. The molecule has 0 heterocycles. The molecule has 0 aromatic rings. The summed E-state index contributed by atoms with van der Waals surface area (Å²) in [5.41, 5.74) is 0. The highest BCUT2D eigenvalue weighted by atomic mass is 79.9. The first-order valence-electron chi connectivity index (χ1n) is 3.80. The van der Waals surface area contributed by atoms with E-state index >= 15 is 0 Å². The molecule has 0 aliphatic heterocycles. The minimum atomic E-state index is 0.638. The lowest BCUT2D eigenvalue weighted by atomic mass is 10.2. The normalized spacial score (nSPS) is 14.1. The summed E-state index contributed by atoms with van der Waals surface area (Å²) in [6.07, 6.45) is 0. The Bertz CT molecular complexity index is 73.7. The summed E-state index contributed by atoms with van der Waals surface area (Å²) in [4.78, 5) is 0. The van der Waals surface area contributed by atoms with E-state index in [0.29, 0.717) is 11.8 Å². The first-order valence-corrected chi connectivity index (χ1v) is 4.92. The van der Waals surface area contributed by atoms with Crippen LogP contribution in [-0.4, -0.2) is 18.5 Å². The zero-order valence-corrected chi connectivity index (χ0v) is 8.65. The van der Waals surface area contributed by atoms with Gasteiger partial charge in [0.2, 0.25) is 0 Å². The van der Waals surface area contributed by atoms with Gasteiger partial charge >= 0.3 is 0 Å². The van der Waals surface area contributed by atoms with Crippen molar-refractivity contribution in [2.24, 2.45) is 11.8 Å². The van der Waals surface area contributed by atoms with Crippen molar-refractivity contribution in [3.05, 3.63) is 0 Å². The summed E-state index contributed by atoms with van der Waals surface area (Å²) < 4.78 is 5.42. The highest BCUT2D eigenvalue weighted by Gasteiger charge is 1.99. The van der Waals surface area contributed by atoms with Crippen LogP contribution >= 0.6 is 15.9 Å². The van der Waals surface area contributed by atoms with Gasteiger partial charge in [0.15, 0.2) is 0 Å². The smallest absolute Gasteiger partial charge is 0.0499 e. The molecular weight excluding hydrogens is 192 g/mol. The maximum atomic E-state index is 5.42. The molecule has 0 spiro atoms. The molecular formula is C8H17BrO. The van der Waals surface area contributed by atoms with E-state index in [4.69, 9.17) is 4.74 Å². The second-order valence-corrected chi connectivity index (χ2v) is 3.84. The first kappa shape index (κ1) is 10.4. The van der Waals surface area contributed by atoms with Gasteiger partial charge in [0.1, 0.15) is 0 Å². The van der Waals surface area contributed by atoms with Crippen LogP contribution in [-0.2, 0) is 4.74 Å². The van der Waals surface area contributed by atoms with Crippen molar-refractivity contribution in [1.82, 2.24) is 0 Å². The summed E-state index contributed by atoms with van der Waals surface area (Å²) in [5, 5.41) is 1.03. The van der Waals surface area contributed by atoms with E-state index in [1.165, 1.54) is 0 Å². The van der Waals surface area contributed by atoms with E-state index < -0.39 is 0 Å². The molecule has 0 saturated heterocycles. The van der Waals surface area contributed by atoms with Gasteiger partial charge in [0.25, 0.3) is 0 Å². The Kier molecular flexibility index (Phi) is 6.44. The van der Waals surface area contributed by atoms with Crippen LogP contribution in [0, 0.1) is 11.8 Å². The largest absolute Gasteiger partial charge is 0.381 e. The minimum absolute atomic E-state index is 0.638. The van der Waals surface area contributed by atoms with E-state index in [1.807, 2.05) is 0 Å². The Labute approximate surface area is 72.3 Å². The fourth-order valence-corrected chi connectivity index (χ4v) is 0.736. The highest BCUT2D eigenvalue weighted by Crippen LogP contribution is 2.01. The molecule has 0 fully saturated rings. The number of hydrogen-bond acceptors (Lipinski definition) is 1. The Balaban J connectivity index is 3.03. The van der Waals surface area contributed by atoms with Crippen LogP contribution < -0.4 is 0 Å². The number of halogens is 1. The quantitative estimate of drug-likeness (QED) is 0.632. The lowest BCUT2D eigenvalue weighted by Crippen LogP contribution is -2.10. The van der Waals surface area contributed by atoms with Gasteiger partial charge in [-0.3, -0.25) is 0 Å². The average Bonchev–Trinajstić information content (AvgIpc) is 1.87. The molecule has 0 aromatic heterocycles. The van der Waals surface area contributed by atoms with Crippen molar-refractivity contribution in [2.75, 3.05) is 18.5 Å². The predicted molar refractivity (Wildman–Crippen MR) is 48.6 cm³/mol. The topological polar surface area (TPSA) is 9.23 Å². The molecule has 0 amide bonds. The Morgan fingerprint density at radius 2 is 1.80 bits per heavy atom. The lowest BCUT2D eigenvalue weighted by Gasteiger charge is -2.09. The fraction of sp³-hybridized carbons (Fsp3) is 1.00. The van der Waals surface area contributed by atoms with Crippen molar-refractivity contribution in [2.45, 2.75) is 20.8 Å². The maximum absolute atomic E-state index is 5.42. The van der Waals surface area contributed by atoms with Crippen molar-refractivity contribution in [1.29, 1.82) is 0 Å². The SMILES string of the molecule is CC(C)COCC(C)CBr. The first-order chi connectivity index (χ1) is 4.66. The summed E-state index contributed by atoms with van der Waals surface area (Å²) in [6.45, 7) is 8.27. The summed E-state index contributed by atoms with van der Waals surface area (Å²) in [5.74, 6) is 1.29. The Hall–Kier alpha value is 0.440. The zero-order chi connectivity index (χ0) is 7.98. The van der Waals surface area contributed by atoms with Crippen LogP contribution in [0.2, 0.25) is 0 Å². The molecule has 2 heteroatoms. The van der Waals surface area contributed by atoms with Gasteiger partial charge in [-0.15, -0.1) is 0 Å². The average molecular weight is 209 g/mol. The standard InChI is InChI=1S/C8H17BrO/c1-7(2)5-10-6-8(3)4-9/h7-8H,4-6H2,1-3H3. The van der Waals surface area contributed by atoms with Crippen molar-refractivity contribution < 1.29 is 4.74 Å². The van der Waals surface area contributed by atoms with Crippen LogP contribution in [0.1, 0.15) is 20.8 Å². The van der Waals surface area contributed by atoms with Crippen molar-refractivity contribution in [3.63, 3.8) is 0 Å². The molecule has 62 valence electrons. The second-order valence-electron chi connectivity index (χ2n) is 3.19. The summed E-state index contributed by atoms with van der Waals surface area (Å²) in [7, 11) is 0. The van der Waals surface area contributed by atoms with Gasteiger partial charge in [-0.2, -0.15) is 0 Å². The van der Waals surface area contributed by atoms with Gasteiger partial charge in [0, 0.05) is 18.5 Å².